The second-order valence-electron chi connectivity index (χ2n) is 4.49. The average Bonchev–Trinajstić information content (AvgIpc) is 2.58. The summed E-state index contributed by atoms with van der Waals surface area (Å²) < 4.78 is 14.1. The molecule has 0 spiro atoms. The van der Waals surface area contributed by atoms with Crippen molar-refractivity contribution in [1.82, 2.24) is 0 Å². The SMILES string of the molecule is O=CC(O)C(O)C(O)C(O)COP(=O)(O)O.O=Cc1ccccc1. The van der Waals surface area contributed by atoms with Gasteiger partial charge in [-0.15, -0.1) is 0 Å². The second kappa shape index (κ2) is 11.1. The molecule has 0 saturated heterocycles. The third-order valence-electron chi connectivity index (χ3n) is 2.58. The van der Waals surface area contributed by atoms with Gasteiger partial charge in [0.2, 0.25) is 0 Å². The van der Waals surface area contributed by atoms with Gasteiger partial charge in [0.05, 0.1) is 6.61 Å². The van der Waals surface area contributed by atoms with E-state index in [1.165, 1.54) is 0 Å². The number of carbonyl (C=O) groups is 2. The molecule has 0 radical (unpaired) electrons. The average molecular weight is 366 g/mol. The largest absolute Gasteiger partial charge is 0.469 e. The predicted molar refractivity (Wildman–Crippen MR) is 79.9 cm³/mol. The van der Waals surface area contributed by atoms with Crippen molar-refractivity contribution in [1.29, 1.82) is 0 Å². The van der Waals surface area contributed by atoms with Crippen LogP contribution in [-0.2, 0) is 13.9 Å². The fraction of sp³-hybridized carbons (Fsp3) is 0.385. The monoisotopic (exact) mass is 366 g/mol. The Morgan fingerprint density at radius 1 is 1.00 bits per heavy atom. The van der Waals surface area contributed by atoms with Gasteiger partial charge in [-0.1, -0.05) is 30.3 Å². The molecule has 24 heavy (non-hydrogen) atoms. The third kappa shape index (κ3) is 9.60. The Bertz CT molecular complexity index is 531. The minimum Gasteiger partial charge on any atom is -0.388 e. The highest BCUT2D eigenvalue weighted by molar-refractivity contribution is 7.46. The first-order valence-corrected chi connectivity index (χ1v) is 8.03. The van der Waals surface area contributed by atoms with Crippen LogP contribution in [0.1, 0.15) is 10.4 Å². The highest BCUT2D eigenvalue weighted by Gasteiger charge is 2.31. The molecule has 6 N–H and O–H groups in total. The Morgan fingerprint density at radius 3 is 1.92 bits per heavy atom. The lowest BCUT2D eigenvalue weighted by Gasteiger charge is -2.23. The van der Waals surface area contributed by atoms with E-state index >= 15 is 0 Å². The molecule has 1 rings (SSSR count). The number of phosphoric ester groups is 1. The van der Waals surface area contributed by atoms with Crippen molar-refractivity contribution in [2.75, 3.05) is 6.61 Å². The number of benzene rings is 1. The van der Waals surface area contributed by atoms with E-state index in [1.54, 1.807) is 12.1 Å². The number of hydrogen-bond acceptors (Lipinski definition) is 8. The predicted octanol–water partition coefficient (Wildman–Crippen LogP) is -1.76. The summed E-state index contributed by atoms with van der Waals surface area (Å²) in [5.41, 5.74) is 0.729. The summed E-state index contributed by atoms with van der Waals surface area (Å²) in [5.74, 6) is 0. The van der Waals surface area contributed by atoms with Crippen molar-refractivity contribution in [2.45, 2.75) is 24.4 Å². The van der Waals surface area contributed by atoms with E-state index in [0.717, 1.165) is 11.8 Å². The van der Waals surface area contributed by atoms with E-state index < -0.39 is 38.8 Å². The fourth-order valence-electron chi connectivity index (χ4n) is 1.31. The van der Waals surface area contributed by atoms with Gasteiger partial charge in [-0.3, -0.25) is 9.32 Å². The van der Waals surface area contributed by atoms with Crippen LogP contribution in [0.2, 0.25) is 0 Å². The molecule has 4 unspecified atom stereocenters. The van der Waals surface area contributed by atoms with Gasteiger partial charge in [-0.25, -0.2) is 4.57 Å². The van der Waals surface area contributed by atoms with Crippen LogP contribution in [0.3, 0.4) is 0 Å². The summed E-state index contributed by atoms with van der Waals surface area (Å²) in [6.07, 6.45) is -6.97. The van der Waals surface area contributed by atoms with Crippen LogP contribution >= 0.6 is 7.82 Å². The molecule has 0 aliphatic heterocycles. The number of aldehydes is 2. The highest BCUT2D eigenvalue weighted by Crippen LogP contribution is 2.35. The van der Waals surface area contributed by atoms with E-state index in [9.17, 15) is 14.2 Å². The first-order chi connectivity index (χ1) is 11.1. The number of phosphoric acid groups is 1. The minimum absolute atomic E-state index is 0.0650. The van der Waals surface area contributed by atoms with Crippen LogP contribution in [0.25, 0.3) is 0 Å². The van der Waals surface area contributed by atoms with Crippen molar-refractivity contribution in [3.8, 4) is 0 Å². The molecule has 0 fully saturated rings. The number of carbonyl (C=O) groups excluding carboxylic acids is 2. The maximum absolute atomic E-state index is 10.2. The molecule has 1 aromatic carbocycles. The first kappa shape index (κ1) is 22.5. The molecule has 4 atom stereocenters. The molecule has 11 heteroatoms. The molecule has 0 heterocycles. The van der Waals surface area contributed by atoms with Crippen LogP contribution in [-0.4, -0.2) is 73.8 Å². The summed E-state index contributed by atoms with van der Waals surface area (Å²) in [6, 6.07) is 9.10. The number of aliphatic hydroxyl groups is 4. The van der Waals surface area contributed by atoms with Crippen LogP contribution in [0.4, 0.5) is 0 Å². The first-order valence-electron chi connectivity index (χ1n) is 6.50. The smallest absolute Gasteiger partial charge is 0.388 e. The molecule has 0 aromatic heterocycles. The van der Waals surface area contributed by atoms with E-state index in [-0.39, 0.29) is 6.29 Å². The van der Waals surface area contributed by atoms with Crippen molar-refractivity contribution in [2.24, 2.45) is 0 Å². The summed E-state index contributed by atoms with van der Waals surface area (Å²) in [5, 5.41) is 36.1. The molecule has 1 aromatic rings. The minimum atomic E-state index is -4.80. The van der Waals surface area contributed by atoms with Crippen LogP contribution in [0, 0.1) is 0 Å². The summed E-state index contributed by atoms with van der Waals surface area (Å²) in [7, 11) is -4.80. The van der Waals surface area contributed by atoms with E-state index in [4.69, 9.17) is 30.2 Å². The van der Waals surface area contributed by atoms with Crippen molar-refractivity contribution in [3.63, 3.8) is 0 Å². The van der Waals surface area contributed by atoms with Gasteiger partial charge in [0, 0.05) is 5.56 Å². The lowest BCUT2D eigenvalue weighted by molar-refractivity contribution is -0.136. The van der Waals surface area contributed by atoms with Crippen molar-refractivity contribution < 1.29 is 48.9 Å². The van der Waals surface area contributed by atoms with Gasteiger partial charge in [-0.05, 0) is 0 Å². The molecule has 136 valence electrons. The Hall–Kier alpha value is -1.49. The highest BCUT2D eigenvalue weighted by atomic mass is 31.2. The quantitative estimate of drug-likeness (QED) is 0.228. The molecule has 0 saturated carbocycles. The Balaban J connectivity index is 0.000000546. The van der Waals surface area contributed by atoms with Crippen LogP contribution in [0.15, 0.2) is 30.3 Å². The van der Waals surface area contributed by atoms with Crippen LogP contribution in [0.5, 0.6) is 0 Å². The molecule has 0 amide bonds. The van der Waals surface area contributed by atoms with E-state index in [1.807, 2.05) is 18.2 Å². The van der Waals surface area contributed by atoms with Crippen molar-refractivity contribution >= 4 is 20.4 Å². The Labute approximate surface area is 137 Å². The lowest BCUT2D eigenvalue weighted by atomic mass is 10.0. The maximum Gasteiger partial charge on any atom is 0.469 e. The van der Waals surface area contributed by atoms with Crippen LogP contribution < -0.4 is 0 Å². The van der Waals surface area contributed by atoms with Gasteiger partial charge in [0.15, 0.2) is 6.29 Å². The van der Waals surface area contributed by atoms with Gasteiger partial charge >= 0.3 is 7.82 Å². The zero-order chi connectivity index (χ0) is 18.8. The van der Waals surface area contributed by atoms with Crippen molar-refractivity contribution in [3.05, 3.63) is 35.9 Å². The topological polar surface area (TPSA) is 182 Å². The summed E-state index contributed by atoms with van der Waals surface area (Å²) >= 11 is 0. The second-order valence-corrected chi connectivity index (χ2v) is 5.73. The van der Waals surface area contributed by atoms with E-state index in [2.05, 4.69) is 4.52 Å². The summed E-state index contributed by atoms with van der Waals surface area (Å²) in [6.45, 7) is -0.964. The molecule has 10 nitrogen and oxygen atoms in total. The number of rotatable bonds is 8. The summed E-state index contributed by atoms with van der Waals surface area (Å²) in [4.78, 5) is 36.6. The molecule has 0 aliphatic rings. The van der Waals surface area contributed by atoms with Gasteiger partial charge in [-0.2, -0.15) is 0 Å². The number of hydrogen-bond donors (Lipinski definition) is 6. The molecular formula is C13H19O10P. The molecular weight excluding hydrogens is 347 g/mol. The zero-order valence-electron chi connectivity index (χ0n) is 12.3. The number of aliphatic hydroxyl groups excluding tert-OH is 4. The standard InChI is InChI=1S/C7H6O.C6H13O9P/c8-6-7-4-2-1-3-5-7;7-1-3(8)5(10)6(11)4(9)2-15-16(12,13)14/h1-6H;1,3-6,8-11H,2H2,(H2,12,13,14). The normalized spacial score (nSPS) is 16.1. The zero-order valence-corrected chi connectivity index (χ0v) is 13.2. The maximum atomic E-state index is 10.2. The molecule has 0 aliphatic carbocycles. The Morgan fingerprint density at radius 2 is 1.54 bits per heavy atom. The Kier molecular flexibility index (Phi) is 10.4. The van der Waals surface area contributed by atoms with Gasteiger partial charge < -0.3 is 35.0 Å². The lowest BCUT2D eigenvalue weighted by Crippen LogP contribution is -2.46. The van der Waals surface area contributed by atoms with Gasteiger partial charge in [0.1, 0.15) is 30.7 Å². The van der Waals surface area contributed by atoms with Gasteiger partial charge in [0.25, 0.3) is 0 Å². The third-order valence-corrected chi connectivity index (χ3v) is 3.07. The molecule has 0 bridgehead atoms. The fourth-order valence-corrected chi connectivity index (χ4v) is 1.66. The van der Waals surface area contributed by atoms with E-state index in [0.29, 0.717) is 0 Å².